The molecule has 4 rings (SSSR count). The molecule has 0 bridgehead atoms. The number of oxime groups is 1. The third-order valence-electron chi connectivity index (χ3n) is 5.79. The van der Waals surface area contributed by atoms with Crippen LogP contribution in [-0.4, -0.2) is 29.5 Å². The third-order valence-corrected chi connectivity index (χ3v) is 7.93. The number of alkyl halides is 3. The van der Waals surface area contributed by atoms with Crippen molar-refractivity contribution in [2.24, 2.45) is 9.52 Å². The fourth-order valence-electron chi connectivity index (χ4n) is 3.95. The van der Waals surface area contributed by atoms with Crippen LogP contribution < -0.4 is 4.74 Å². The molecule has 0 N–H and O–H groups in total. The molecular weight excluding hydrogens is 536 g/mol. The van der Waals surface area contributed by atoms with Gasteiger partial charge < -0.3 is 9.57 Å². The molecule has 190 valence electrons. The van der Waals surface area contributed by atoms with Gasteiger partial charge in [0.1, 0.15) is 5.75 Å². The van der Waals surface area contributed by atoms with Gasteiger partial charge in [0.15, 0.2) is 0 Å². The molecule has 3 aromatic carbocycles. The van der Waals surface area contributed by atoms with Gasteiger partial charge in [0.05, 0.1) is 33.1 Å². The van der Waals surface area contributed by atoms with Crippen LogP contribution in [0.3, 0.4) is 0 Å². The van der Waals surface area contributed by atoms with E-state index in [9.17, 15) is 17.4 Å². The maximum Gasteiger partial charge on any atom is 0.435 e. The Morgan fingerprint density at radius 3 is 2.36 bits per heavy atom. The lowest BCUT2D eigenvalue weighted by Crippen LogP contribution is -2.42. The fourth-order valence-corrected chi connectivity index (χ4v) is 6.01. The highest BCUT2D eigenvalue weighted by Gasteiger charge is 2.62. The van der Waals surface area contributed by atoms with E-state index in [1.165, 1.54) is 31.6 Å². The first-order valence-electron chi connectivity index (χ1n) is 10.6. The van der Waals surface area contributed by atoms with Crippen molar-refractivity contribution in [2.75, 3.05) is 13.4 Å². The van der Waals surface area contributed by atoms with E-state index in [0.29, 0.717) is 27.5 Å². The summed E-state index contributed by atoms with van der Waals surface area (Å²) in [5, 5.41) is 3.89. The van der Waals surface area contributed by atoms with Gasteiger partial charge in [-0.15, -0.1) is 0 Å². The van der Waals surface area contributed by atoms with Gasteiger partial charge in [-0.25, -0.2) is 4.21 Å². The molecule has 0 spiro atoms. The quantitative estimate of drug-likeness (QED) is 0.323. The minimum Gasteiger partial charge on any atom is -0.495 e. The fraction of sp³-hybridized carbons (Fsp3) is 0.240. The Hall–Kier alpha value is -2.75. The maximum atomic E-state index is 14.3. The largest absolute Gasteiger partial charge is 0.495 e. The van der Waals surface area contributed by atoms with E-state index in [0.717, 1.165) is 0 Å². The second-order valence-electron chi connectivity index (χ2n) is 8.33. The molecule has 0 saturated heterocycles. The predicted octanol–water partition coefficient (Wildman–Crippen LogP) is 7.68. The normalized spacial score (nSPS) is 19.3. The van der Waals surface area contributed by atoms with Gasteiger partial charge in [-0.1, -0.05) is 46.6 Å². The highest BCUT2D eigenvalue weighted by Crippen LogP contribution is 2.49. The maximum absolute atomic E-state index is 14.3. The lowest BCUT2D eigenvalue weighted by atomic mass is 9.86. The van der Waals surface area contributed by atoms with E-state index in [-0.39, 0.29) is 21.3 Å². The zero-order valence-electron chi connectivity index (χ0n) is 19.4. The standard InChI is InChI=1S/C25H21Cl2F3N2O3S/c1-15-10-16(8-9-20(15)32-36(3,33)23-7-5-4-6-22(23)34-2)21-14-24(35-31-21,25(28,29)30)17-11-18(26)13-19(27)12-17/h4-13H,14H2,1-3H3. The van der Waals surface area contributed by atoms with Gasteiger partial charge in [0, 0.05) is 28.3 Å². The molecule has 1 aliphatic rings. The van der Waals surface area contributed by atoms with Gasteiger partial charge in [-0.3, -0.25) is 0 Å². The van der Waals surface area contributed by atoms with Crippen LogP contribution in [0, 0.1) is 6.92 Å². The first-order valence-corrected chi connectivity index (χ1v) is 13.3. The van der Waals surface area contributed by atoms with Crippen LogP contribution in [-0.2, 0) is 20.2 Å². The average molecular weight is 557 g/mol. The molecule has 0 radical (unpaired) electrons. The highest BCUT2D eigenvalue weighted by atomic mass is 35.5. The molecule has 1 heterocycles. The Labute approximate surface area is 217 Å². The number of nitrogens with zero attached hydrogens (tertiary/aromatic N) is 2. The predicted molar refractivity (Wildman–Crippen MR) is 135 cm³/mol. The monoisotopic (exact) mass is 556 g/mol. The molecule has 36 heavy (non-hydrogen) atoms. The number of ether oxygens (including phenoxy) is 1. The average Bonchev–Trinajstić information content (AvgIpc) is 3.27. The first-order chi connectivity index (χ1) is 16.9. The van der Waals surface area contributed by atoms with Crippen LogP contribution in [0.15, 0.2) is 75.1 Å². The van der Waals surface area contributed by atoms with E-state index in [1.54, 1.807) is 49.4 Å². The van der Waals surface area contributed by atoms with E-state index in [1.807, 2.05) is 0 Å². The number of benzene rings is 3. The van der Waals surface area contributed by atoms with Gasteiger partial charge in [0.25, 0.3) is 5.60 Å². The van der Waals surface area contributed by atoms with Crippen molar-refractivity contribution in [2.45, 2.75) is 30.0 Å². The smallest absolute Gasteiger partial charge is 0.435 e. The zero-order chi connectivity index (χ0) is 26.3. The molecule has 0 aliphatic carbocycles. The summed E-state index contributed by atoms with van der Waals surface area (Å²) in [7, 11) is -1.39. The van der Waals surface area contributed by atoms with Crippen LogP contribution in [0.5, 0.6) is 5.75 Å². The number of methoxy groups -OCH3 is 1. The molecular formula is C25H21Cl2F3N2O3S. The number of halogens is 5. The topological polar surface area (TPSA) is 60.2 Å². The summed E-state index contributed by atoms with van der Waals surface area (Å²) < 4.78 is 65.9. The minimum atomic E-state index is -4.79. The Morgan fingerprint density at radius 1 is 1.08 bits per heavy atom. The van der Waals surface area contributed by atoms with E-state index >= 15 is 0 Å². The van der Waals surface area contributed by atoms with Crippen molar-refractivity contribution in [3.8, 4) is 5.75 Å². The Bertz CT molecular complexity index is 1460. The van der Waals surface area contributed by atoms with Crippen molar-refractivity contribution in [3.63, 3.8) is 0 Å². The first kappa shape index (κ1) is 26.3. The van der Waals surface area contributed by atoms with Gasteiger partial charge >= 0.3 is 6.18 Å². The molecule has 0 saturated carbocycles. The summed E-state index contributed by atoms with van der Waals surface area (Å²) in [6.45, 7) is 1.73. The second kappa shape index (κ2) is 9.61. The van der Waals surface area contributed by atoms with Crippen LogP contribution in [0.4, 0.5) is 18.9 Å². The number of hydrogen-bond acceptors (Lipinski definition) is 5. The van der Waals surface area contributed by atoms with Gasteiger partial charge in [0.2, 0.25) is 0 Å². The van der Waals surface area contributed by atoms with Crippen molar-refractivity contribution >= 4 is 44.3 Å². The number of para-hydroxylation sites is 1. The molecule has 0 aromatic heterocycles. The van der Waals surface area contributed by atoms with Gasteiger partial charge in [-0.2, -0.15) is 17.5 Å². The van der Waals surface area contributed by atoms with Crippen molar-refractivity contribution in [1.82, 2.24) is 0 Å². The van der Waals surface area contributed by atoms with Gasteiger partial charge in [-0.05, 0) is 60.5 Å². The Kier molecular flexibility index (Phi) is 7.02. The zero-order valence-corrected chi connectivity index (χ0v) is 21.7. The summed E-state index contributed by atoms with van der Waals surface area (Å²) in [4.78, 5) is 5.51. The number of rotatable bonds is 5. The second-order valence-corrected chi connectivity index (χ2v) is 11.4. The van der Waals surface area contributed by atoms with Crippen LogP contribution in [0.25, 0.3) is 0 Å². The highest BCUT2D eigenvalue weighted by molar-refractivity contribution is 7.93. The molecule has 11 heteroatoms. The summed E-state index contributed by atoms with van der Waals surface area (Å²) in [5.41, 5.74) is -1.41. The summed E-state index contributed by atoms with van der Waals surface area (Å²) in [5.74, 6) is 0.449. The van der Waals surface area contributed by atoms with Crippen molar-refractivity contribution in [3.05, 3.63) is 87.4 Å². The van der Waals surface area contributed by atoms with Crippen LogP contribution >= 0.6 is 23.2 Å². The van der Waals surface area contributed by atoms with E-state index < -0.39 is 27.9 Å². The summed E-state index contributed by atoms with van der Waals surface area (Å²) in [6, 6.07) is 15.4. The SMILES string of the molecule is COc1ccccc1S(C)(=O)=Nc1ccc(C2=NOC(c3cc(Cl)cc(Cl)c3)(C(F)(F)F)C2)cc1C. The molecule has 3 aromatic rings. The lowest BCUT2D eigenvalue weighted by molar-refractivity contribution is -0.275. The van der Waals surface area contributed by atoms with Crippen molar-refractivity contribution in [1.29, 1.82) is 0 Å². The Morgan fingerprint density at radius 2 is 1.75 bits per heavy atom. The molecule has 0 amide bonds. The Balaban J connectivity index is 1.69. The summed E-state index contributed by atoms with van der Waals surface area (Å²) in [6.07, 6.45) is -3.87. The molecule has 2 atom stereocenters. The van der Waals surface area contributed by atoms with Crippen LogP contribution in [0.1, 0.15) is 23.1 Å². The molecule has 5 nitrogen and oxygen atoms in total. The molecule has 1 aliphatic heterocycles. The summed E-state index contributed by atoms with van der Waals surface area (Å²) >= 11 is 11.9. The molecule has 2 unspecified atom stereocenters. The molecule has 0 fully saturated rings. The third kappa shape index (κ3) is 4.92. The number of aryl methyl sites for hydroxylation is 1. The van der Waals surface area contributed by atoms with E-state index in [2.05, 4.69) is 9.52 Å². The van der Waals surface area contributed by atoms with Crippen molar-refractivity contribution < 1.29 is 27.0 Å². The lowest BCUT2D eigenvalue weighted by Gasteiger charge is -2.29. The number of hydrogen-bond donors (Lipinski definition) is 0. The van der Waals surface area contributed by atoms with E-state index in [4.69, 9.17) is 32.8 Å². The minimum absolute atomic E-state index is 0.0539. The van der Waals surface area contributed by atoms with Crippen LogP contribution in [0.2, 0.25) is 10.0 Å².